The van der Waals surface area contributed by atoms with Gasteiger partial charge in [-0.05, 0) is 17.7 Å². The highest BCUT2D eigenvalue weighted by Gasteiger charge is 2.08. The lowest BCUT2D eigenvalue weighted by Crippen LogP contribution is -2.18. The molecule has 3 N–H and O–H groups in total. The van der Waals surface area contributed by atoms with Crippen molar-refractivity contribution in [2.24, 2.45) is 5.84 Å². The van der Waals surface area contributed by atoms with Gasteiger partial charge in [0, 0.05) is 14.1 Å². The Morgan fingerprint density at radius 3 is 2.71 bits per heavy atom. The second kappa shape index (κ2) is 6.71. The van der Waals surface area contributed by atoms with E-state index in [4.69, 9.17) is 15.3 Å². The van der Waals surface area contributed by atoms with Crippen molar-refractivity contribution < 1.29 is 9.47 Å². The number of nitrogens with one attached hydrogen (secondary N) is 1. The van der Waals surface area contributed by atoms with Crippen LogP contribution in [0, 0.1) is 0 Å². The molecule has 2 rings (SSSR count). The summed E-state index contributed by atoms with van der Waals surface area (Å²) in [4.78, 5) is 14.1. The van der Waals surface area contributed by atoms with Crippen LogP contribution >= 0.6 is 0 Å². The number of rotatable bonds is 6. The summed E-state index contributed by atoms with van der Waals surface area (Å²) in [6.45, 7) is 0.318. The van der Waals surface area contributed by atoms with Crippen LogP contribution < -0.4 is 25.6 Å². The molecular formula is C13H18N6O2. The molecule has 2 aromatic rings. The predicted molar refractivity (Wildman–Crippen MR) is 79.3 cm³/mol. The Morgan fingerprint density at radius 1 is 1.24 bits per heavy atom. The number of hydrogen-bond donors (Lipinski definition) is 2. The lowest BCUT2D eigenvalue weighted by Gasteiger charge is -2.12. The van der Waals surface area contributed by atoms with Crippen LogP contribution in [0.5, 0.6) is 11.8 Å². The van der Waals surface area contributed by atoms with E-state index < -0.39 is 0 Å². The maximum Gasteiger partial charge on any atom is 0.323 e. The summed E-state index contributed by atoms with van der Waals surface area (Å²) in [7, 11) is 5.26. The Bertz CT molecular complexity index is 605. The number of nitrogens with zero attached hydrogens (tertiary/aromatic N) is 4. The smallest absolute Gasteiger partial charge is 0.323 e. The number of aromatic nitrogens is 3. The molecule has 0 aliphatic carbocycles. The largest absolute Gasteiger partial charge is 0.497 e. The van der Waals surface area contributed by atoms with E-state index in [2.05, 4.69) is 20.4 Å². The summed E-state index contributed by atoms with van der Waals surface area (Å²) in [6.07, 6.45) is 0. The topological polar surface area (TPSA) is 98.4 Å². The minimum Gasteiger partial charge on any atom is -0.497 e. The fourth-order valence-corrected chi connectivity index (χ4v) is 1.59. The van der Waals surface area contributed by atoms with Crippen molar-refractivity contribution in [3.63, 3.8) is 0 Å². The van der Waals surface area contributed by atoms with Gasteiger partial charge in [-0.3, -0.25) is 5.43 Å². The number of ether oxygens (including phenoxy) is 2. The number of hydrazine groups is 1. The highest BCUT2D eigenvalue weighted by Crippen LogP contribution is 2.16. The van der Waals surface area contributed by atoms with Crippen molar-refractivity contribution in [3.05, 3.63) is 29.8 Å². The molecule has 0 atom stereocenters. The van der Waals surface area contributed by atoms with Gasteiger partial charge in [0.1, 0.15) is 12.4 Å². The molecular weight excluding hydrogens is 272 g/mol. The van der Waals surface area contributed by atoms with E-state index in [0.717, 1.165) is 11.3 Å². The molecule has 112 valence electrons. The van der Waals surface area contributed by atoms with E-state index >= 15 is 0 Å². The Labute approximate surface area is 122 Å². The molecule has 1 heterocycles. The normalized spacial score (nSPS) is 10.1. The molecule has 0 spiro atoms. The zero-order valence-electron chi connectivity index (χ0n) is 12.2. The molecule has 8 heteroatoms. The number of nitrogens with two attached hydrogens (primary N) is 1. The second-order valence-corrected chi connectivity index (χ2v) is 4.42. The Kier molecular flexibility index (Phi) is 4.72. The Balaban J connectivity index is 2.13. The third kappa shape index (κ3) is 3.93. The van der Waals surface area contributed by atoms with Crippen molar-refractivity contribution in [3.8, 4) is 11.8 Å². The molecule has 0 aliphatic rings. The maximum atomic E-state index is 5.58. The zero-order chi connectivity index (χ0) is 15.2. The van der Waals surface area contributed by atoms with Crippen molar-refractivity contribution in [2.75, 3.05) is 31.5 Å². The van der Waals surface area contributed by atoms with E-state index in [0.29, 0.717) is 12.6 Å². The molecule has 1 aromatic carbocycles. The van der Waals surface area contributed by atoms with E-state index in [-0.39, 0.29) is 12.0 Å². The van der Waals surface area contributed by atoms with Crippen LogP contribution in [0.3, 0.4) is 0 Å². The van der Waals surface area contributed by atoms with Gasteiger partial charge in [0.05, 0.1) is 7.11 Å². The molecule has 0 aliphatic heterocycles. The quantitative estimate of drug-likeness (QED) is 0.596. The second-order valence-electron chi connectivity index (χ2n) is 4.42. The van der Waals surface area contributed by atoms with Crippen molar-refractivity contribution >= 4 is 11.9 Å². The van der Waals surface area contributed by atoms with Crippen LogP contribution in [-0.4, -0.2) is 36.2 Å². The first kappa shape index (κ1) is 14.8. The van der Waals surface area contributed by atoms with Crippen LogP contribution in [0.4, 0.5) is 11.9 Å². The first-order chi connectivity index (χ1) is 10.1. The number of hydrogen-bond acceptors (Lipinski definition) is 8. The standard InChI is InChI=1S/C13H18N6O2/c1-19(2)12-15-11(18-14)16-13(17-12)21-8-9-5-4-6-10(7-9)20-3/h4-7H,8,14H2,1-3H3,(H,15,16,17,18). The summed E-state index contributed by atoms with van der Waals surface area (Å²) in [5.74, 6) is 6.81. The molecule has 0 saturated carbocycles. The number of methoxy groups -OCH3 is 1. The third-order valence-electron chi connectivity index (χ3n) is 2.63. The lowest BCUT2D eigenvalue weighted by molar-refractivity contribution is 0.279. The summed E-state index contributed by atoms with van der Waals surface area (Å²) < 4.78 is 10.7. The van der Waals surface area contributed by atoms with Gasteiger partial charge in [-0.15, -0.1) is 0 Å². The van der Waals surface area contributed by atoms with Gasteiger partial charge in [0.2, 0.25) is 11.9 Å². The van der Waals surface area contributed by atoms with Crippen molar-refractivity contribution in [1.82, 2.24) is 15.0 Å². The first-order valence-electron chi connectivity index (χ1n) is 6.28. The van der Waals surface area contributed by atoms with Gasteiger partial charge in [-0.1, -0.05) is 12.1 Å². The monoisotopic (exact) mass is 290 g/mol. The van der Waals surface area contributed by atoms with Crippen LogP contribution in [0.1, 0.15) is 5.56 Å². The maximum absolute atomic E-state index is 5.58. The van der Waals surface area contributed by atoms with Crippen molar-refractivity contribution in [1.29, 1.82) is 0 Å². The minimum atomic E-state index is 0.199. The molecule has 0 amide bonds. The third-order valence-corrected chi connectivity index (χ3v) is 2.63. The highest BCUT2D eigenvalue weighted by atomic mass is 16.5. The molecule has 0 unspecified atom stereocenters. The van der Waals surface area contributed by atoms with Gasteiger partial charge in [-0.25, -0.2) is 5.84 Å². The van der Waals surface area contributed by atoms with Gasteiger partial charge in [-0.2, -0.15) is 15.0 Å². The predicted octanol–water partition coefficient (Wildman–Crippen LogP) is 0.811. The van der Waals surface area contributed by atoms with Crippen LogP contribution in [0.15, 0.2) is 24.3 Å². The Morgan fingerprint density at radius 2 is 2.05 bits per heavy atom. The molecule has 8 nitrogen and oxygen atoms in total. The SMILES string of the molecule is COc1cccc(COc2nc(NN)nc(N(C)C)n2)c1. The summed E-state index contributed by atoms with van der Waals surface area (Å²) in [5.41, 5.74) is 3.34. The van der Waals surface area contributed by atoms with Gasteiger partial charge in [0.15, 0.2) is 0 Å². The number of benzene rings is 1. The van der Waals surface area contributed by atoms with Crippen LogP contribution in [0.2, 0.25) is 0 Å². The summed E-state index contributed by atoms with van der Waals surface area (Å²) in [5, 5.41) is 0. The molecule has 21 heavy (non-hydrogen) atoms. The lowest BCUT2D eigenvalue weighted by atomic mass is 10.2. The molecule has 0 fully saturated rings. The fourth-order valence-electron chi connectivity index (χ4n) is 1.59. The van der Waals surface area contributed by atoms with Gasteiger partial charge in [0.25, 0.3) is 0 Å². The highest BCUT2D eigenvalue weighted by molar-refractivity contribution is 5.36. The van der Waals surface area contributed by atoms with Crippen LogP contribution in [-0.2, 0) is 6.61 Å². The zero-order valence-corrected chi connectivity index (χ0v) is 12.2. The summed E-state index contributed by atoms with van der Waals surface area (Å²) >= 11 is 0. The molecule has 0 bridgehead atoms. The average Bonchev–Trinajstić information content (AvgIpc) is 2.52. The average molecular weight is 290 g/mol. The van der Waals surface area contributed by atoms with Crippen molar-refractivity contribution in [2.45, 2.75) is 6.61 Å². The van der Waals surface area contributed by atoms with E-state index in [1.165, 1.54) is 0 Å². The number of anilines is 2. The number of nitrogen functional groups attached to an aromatic ring is 1. The van der Waals surface area contributed by atoms with Gasteiger partial charge < -0.3 is 14.4 Å². The van der Waals surface area contributed by atoms with E-state index in [1.54, 1.807) is 12.0 Å². The summed E-state index contributed by atoms with van der Waals surface area (Å²) in [6, 6.07) is 7.77. The van der Waals surface area contributed by atoms with Crippen LogP contribution in [0.25, 0.3) is 0 Å². The molecule has 0 radical (unpaired) electrons. The van der Waals surface area contributed by atoms with E-state index in [9.17, 15) is 0 Å². The van der Waals surface area contributed by atoms with Gasteiger partial charge >= 0.3 is 6.01 Å². The molecule has 1 aromatic heterocycles. The molecule has 0 saturated heterocycles. The minimum absolute atomic E-state index is 0.199. The Hall–Kier alpha value is -2.61. The fraction of sp³-hybridized carbons (Fsp3) is 0.308. The van der Waals surface area contributed by atoms with E-state index in [1.807, 2.05) is 38.4 Å². The first-order valence-corrected chi connectivity index (χ1v) is 6.28.